The van der Waals surface area contributed by atoms with Gasteiger partial charge in [0.15, 0.2) is 0 Å². The van der Waals surface area contributed by atoms with Gasteiger partial charge in [-0.25, -0.2) is 0 Å². The molecule has 1 amide bonds. The Hall–Kier alpha value is -0.490. The molecule has 4 nitrogen and oxygen atoms in total. The molecule has 0 spiro atoms. The van der Waals surface area contributed by atoms with E-state index in [-0.39, 0.29) is 22.1 Å². The zero-order valence-electron chi connectivity index (χ0n) is 12.2. The van der Waals surface area contributed by atoms with Crippen LogP contribution in [0.2, 0.25) is 0 Å². The minimum atomic E-state index is -0.0722. The SMILES string of the molecule is CC(C)c1nnsc1C(=O)NCC(Br)CC(C)(C)C. The van der Waals surface area contributed by atoms with Crippen molar-refractivity contribution in [3.63, 3.8) is 0 Å². The van der Waals surface area contributed by atoms with Gasteiger partial charge in [0, 0.05) is 11.4 Å². The van der Waals surface area contributed by atoms with E-state index in [1.54, 1.807) is 0 Å². The third-order valence-electron chi connectivity index (χ3n) is 2.58. The van der Waals surface area contributed by atoms with Gasteiger partial charge < -0.3 is 5.32 Å². The van der Waals surface area contributed by atoms with Crippen molar-refractivity contribution in [2.24, 2.45) is 5.41 Å². The molecule has 19 heavy (non-hydrogen) atoms. The van der Waals surface area contributed by atoms with Crippen molar-refractivity contribution >= 4 is 33.4 Å². The Balaban J connectivity index is 2.54. The second-order valence-corrected chi connectivity index (χ2v) is 8.26. The molecule has 1 unspecified atom stereocenters. The van der Waals surface area contributed by atoms with Crippen LogP contribution in [0, 0.1) is 5.41 Å². The number of aromatic nitrogens is 2. The molecule has 0 fully saturated rings. The van der Waals surface area contributed by atoms with E-state index in [4.69, 9.17) is 0 Å². The Labute approximate surface area is 127 Å². The summed E-state index contributed by atoms with van der Waals surface area (Å²) in [6, 6.07) is 0. The summed E-state index contributed by atoms with van der Waals surface area (Å²) in [5, 5.41) is 6.97. The van der Waals surface area contributed by atoms with Crippen molar-refractivity contribution in [1.29, 1.82) is 0 Å². The maximum Gasteiger partial charge on any atom is 0.264 e. The minimum absolute atomic E-state index is 0.0722. The normalized spacial score (nSPS) is 13.6. The van der Waals surface area contributed by atoms with Crippen molar-refractivity contribution in [2.45, 2.75) is 51.8 Å². The van der Waals surface area contributed by atoms with Gasteiger partial charge >= 0.3 is 0 Å². The maximum atomic E-state index is 12.1. The molecular formula is C13H22BrN3OS. The van der Waals surface area contributed by atoms with E-state index in [1.807, 2.05) is 13.8 Å². The molecule has 108 valence electrons. The summed E-state index contributed by atoms with van der Waals surface area (Å²) in [4.78, 5) is 13.0. The number of carbonyl (C=O) groups is 1. The van der Waals surface area contributed by atoms with Crippen LogP contribution in [-0.4, -0.2) is 26.9 Å². The van der Waals surface area contributed by atoms with Gasteiger partial charge in [-0.05, 0) is 29.3 Å². The summed E-state index contributed by atoms with van der Waals surface area (Å²) >= 11 is 4.77. The fourth-order valence-corrected chi connectivity index (χ4v) is 3.62. The highest BCUT2D eigenvalue weighted by Gasteiger charge is 2.21. The predicted molar refractivity (Wildman–Crippen MR) is 83.1 cm³/mol. The van der Waals surface area contributed by atoms with Crippen LogP contribution < -0.4 is 5.32 Å². The molecule has 0 aliphatic rings. The van der Waals surface area contributed by atoms with Crippen molar-refractivity contribution in [1.82, 2.24) is 14.9 Å². The van der Waals surface area contributed by atoms with Crippen molar-refractivity contribution in [3.8, 4) is 0 Å². The molecule has 1 aromatic rings. The van der Waals surface area contributed by atoms with Gasteiger partial charge in [-0.1, -0.05) is 55.0 Å². The first-order valence-corrected chi connectivity index (χ1v) is 8.14. The van der Waals surface area contributed by atoms with Crippen molar-refractivity contribution in [3.05, 3.63) is 10.6 Å². The van der Waals surface area contributed by atoms with E-state index in [0.717, 1.165) is 23.6 Å². The monoisotopic (exact) mass is 347 g/mol. The smallest absolute Gasteiger partial charge is 0.264 e. The lowest BCUT2D eigenvalue weighted by atomic mass is 9.90. The summed E-state index contributed by atoms with van der Waals surface area (Å²) < 4.78 is 3.87. The molecule has 0 aromatic carbocycles. The van der Waals surface area contributed by atoms with Crippen LogP contribution in [0.5, 0.6) is 0 Å². The van der Waals surface area contributed by atoms with Gasteiger partial charge in [-0.15, -0.1) is 5.10 Å². The van der Waals surface area contributed by atoms with E-state index >= 15 is 0 Å². The number of carbonyl (C=O) groups excluding carboxylic acids is 1. The molecular weight excluding hydrogens is 326 g/mol. The van der Waals surface area contributed by atoms with Crippen LogP contribution in [-0.2, 0) is 0 Å². The van der Waals surface area contributed by atoms with Crippen LogP contribution in [0.25, 0.3) is 0 Å². The van der Waals surface area contributed by atoms with Crippen LogP contribution in [0.3, 0.4) is 0 Å². The highest BCUT2D eigenvalue weighted by atomic mass is 79.9. The maximum absolute atomic E-state index is 12.1. The molecule has 6 heteroatoms. The Morgan fingerprint density at radius 3 is 2.58 bits per heavy atom. The number of nitrogens with zero attached hydrogens (tertiary/aromatic N) is 2. The van der Waals surface area contributed by atoms with E-state index in [0.29, 0.717) is 11.4 Å². The number of nitrogens with one attached hydrogen (secondary N) is 1. The highest BCUT2D eigenvalue weighted by molar-refractivity contribution is 9.09. The fourth-order valence-electron chi connectivity index (χ4n) is 1.75. The topological polar surface area (TPSA) is 54.9 Å². The molecule has 1 heterocycles. The van der Waals surface area contributed by atoms with Gasteiger partial charge in [0.05, 0.1) is 5.69 Å². The Morgan fingerprint density at radius 2 is 2.05 bits per heavy atom. The van der Waals surface area contributed by atoms with Gasteiger partial charge in [-0.2, -0.15) is 0 Å². The largest absolute Gasteiger partial charge is 0.350 e. The van der Waals surface area contributed by atoms with Crippen LogP contribution in [0.1, 0.15) is 62.3 Å². The molecule has 0 saturated carbocycles. The zero-order valence-corrected chi connectivity index (χ0v) is 14.6. The summed E-state index contributed by atoms with van der Waals surface area (Å²) in [7, 11) is 0. The lowest BCUT2D eigenvalue weighted by Crippen LogP contribution is -2.31. The quantitative estimate of drug-likeness (QED) is 0.828. The number of hydrogen-bond donors (Lipinski definition) is 1. The van der Waals surface area contributed by atoms with Crippen LogP contribution in [0.4, 0.5) is 0 Å². The van der Waals surface area contributed by atoms with Crippen molar-refractivity contribution < 1.29 is 4.79 Å². The molecule has 1 aromatic heterocycles. The first kappa shape index (κ1) is 16.6. The zero-order chi connectivity index (χ0) is 14.6. The van der Waals surface area contributed by atoms with Gasteiger partial charge in [0.25, 0.3) is 5.91 Å². The molecule has 0 aliphatic heterocycles. The van der Waals surface area contributed by atoms with E-state index in [2.05, 4.69) is 51.6 Å². The van der Waals surface area contributed by atoms with Gasteiger partial charge in [-0.3, -0.25) is 4.79 Å². The first-order valence-electron chi connectivity index (χ1n) is 6.45. The summed E-state index contributed by atoms with van der Waals surface area (Å²) in [5.74, 6) is 0.144. The van der Waals surface area contributed by atoms with E-state index in [9.17, 15) is 4.79 Å². The third kappa shape index (κ3) is 5.57. The van der Waals surface area contributed by atoms with Gasteiger partial charge in [0.1, 0.15) is 4.88 Å². The molecule has 0 radical (unpaired) electrons. The highest BCUT2D eigenvalue weighted by Crippen LogP contribution is 2.24. The summed E-state index contributed by atoms with van der Waals surface area (Å²) in [6.07, 6.45) is 1.01. The predicted octanol–water partition coefficient (Wildman–Crippen LogP) is 3.59. The second kappa shape index (κ2) is 6.79. The molecule has 0 saturated heterocycles. The molecule has 1 rings (SSSR count). The number of rotatable bonds is 5. The summed E-state index contributed by atoms with van der Waals surface area (Å²) in [5.41, 5.74) is 1.03. The molecule has 0 bridgehead atoms. The first-order chi connectivity index (χ1) is 8.70. The van der Waals surface area contributed by atoms with Crippen LogP contribution >= 0.6 is 27.5 Å². The Kier molecular flexibility index (Phi) is 5.92. The van der Waals surface area contributed by atoms with Crippen molar-refractivity contribution in [2.75, 3.05) is 6.54 Å². The number of amides is 1. The van der Waals surface area contributed by atoms with E-state index < -0.39 is 0 Å². The lowest BCUT2D eigenvalue weighted by molar-refractivity contribution is 0.0955. The second-order valence-electron chi connectivity index (χ2n) is 6.21. The minimum Gasteiger partial charge on any atom is -0.350 e. The average Bonchev–Trinajstić information content (AvgIpc) is 2.72. The lowest BCUT2D eigenvalue weighted by Gasteiger charge is -2.22. The molecule has 0 aliphatic carbocycles. The number of halogens is 1. The number of hydrogen-bond acceptors (Lipinski definition) is 4. The summed E-state index contributed by atoms with van der Waals surface area (Å²) in [6.45, 7) is 11.2. The third-order valence-corrected chi connectivity index (χ3v) is 3.97. The fraction of sp³-hybridized carbons (Fsp3) is 0.769. The van der Waals surface area contributed by atoms with Crippen LogP contribution in [0.15, 0.2) is 0 Å². The number of alkyl halides is 1. The standard InChI is InChI=1S/C13H22BrN3OS/c1-8(2)10-11(19-17-16-10)12(18)15-7-9(14)6-13(3,4)5/h8-9H,6-7H2,1-5H3,(H,15,18). The molecule has 1 atom stereocenters. The Bertz CT molecular complexity index is 426. The average molecular weight is 348 g/mol. The molecule has 1 N–H and O–H groups in total. The van der Waals surface area contributed by atoms with E-state index in [1.165, 1.54) is 0 Å². The van der Waals surface area contributed by atoms with Gasteiger partial charge in [0.2, 0.25) is 0 Å². The Morgan fingerprint density at radius 1 is 1.42 bits per heavy atom.